The van der Waals surface area contributed by atoms with E-state index in [-0.39, 0.29) is 5.41 Å². The monoisotopic (exact) mass is 308 g/mol. The van der Waals surface area contributed by atoms with Crippen molar-refractivity contribution in [2.75, 3.05) is 33.8 Å². The van der Waals surface area contributed by atoms with Gasteiger partial charge in [-0.25, -0.2) is 0 Å². The summed E-state index contributed by atoms with van der Waals surface area (Å²) < 4.78 is 5.52. The summed E-state index contributed by atoms with van der Waals surface area (Å²) in [5.74, 6) is 1.71. The maximum Gasteiger partial charge on any atom is 0.191 e. The molecule has 2 N–H and O–H groups in total. The number of hydrogen-bond donors (Lipinski definition) is 2. The van der Waals surface area contributed by atoms with Gasteiger partial charge in [-0.15, -0.1) is 0 Å². The summed E-state index contributed by atoms with van der Waals surface area (Å²) >= 11 is 0. The first kappa shape index (κ1) is 16.1. The smallest absolute Gasteiger partial charge is 0.191 e. The standard InChI is InChI=1S/C17H32N4O/c1-17(2)14(9-15(17)22-4)20-16(18-3)19-10-12-7-8-21(11-12)13-5-6-13/h12-15H,5-11H2,1-4H3,(H2,18,19,20). The summed E-state index contributed by atoms with van der Waals surface area (Å²) in [7, 11) is 3.67. The molecule has 2 aliphatic carbocycles. The van der Waals surface area contributed by atoms with Crippen LogP contribution in [-0.2, 0) is 4.74 Å². The van der Waals surface area contributed by atoms with E-state index >= 15 is 0 Å². The van der Waals surface area contributed by atoms with Crippen molar-refractivity contribution >= 4 is 5.96 Å². The maximum atomic E-state index is 5.52. The van der Waals surface area contributed by atoms with E-state index in [0.29, 0.717) is 12.1 Å². The molecular weight excluding hydrogens is 276 g/mol. The minimum absolute atomic E-state index is 0.169. The van der Waals surface area contributed by atoms with Crippen LogP contribution >= 0.6 is 0 Å². The number of rotatable bonds is 5. The molecule has 0 aromatic rings. The molecule has 0 radical (unpaired) electrons. The van der Waals surface area contributed by atoms with Crippen LogP contribution in [0.3, 0.4) is 0 Å². The predicted octanol–water partition coefficient (Wildman–Crippen LogP) is 1.45. The average molecular weight is 308 g/mol. The van der Waals surface area contributed by atoms with Crippen LogP contribution in [0.25, 0.3) is 0 Å². The molecule has 1 aliphatic heterocycles. The summed E-state index contributed by atoms with van der Waals surface area (Å²) in [4.78, 5) is 7.06. The third-order valence-corrected chi connectivity index (χ3v) is 5.94. The molecule has 1 heterocycles. The largest absolute Gasteiger partial charge is 0.381 e. The molecule has 0 aromatic carbocycles. The van der Waals surface area contributed by atoms with Crippen LogP contribution < -0.4 is 10.6 Å². The second kappa shape index (κ2) is 6.36. The number of aliphatic imine (C=N–C) groups is 1. The van der Waals surface area contributed by atoms with Gasteiger partial charge < -0.3 is 20.3 Å². The molecule has 0 bridgehead atoms. The van der Waals surface area contributed by atoms with E-state index in [1.165, 1.54) is 32.4 Å². The Morgan fingerprint density at radius 3 is 2.68 bits per heavy atom. The number of nitrogens with zero attached hydrogens (tertiary/aromatic N) is 2. The highest BCUT2D eigenvalue weighted by Gasteiger charge is 2.49. The van der Waals surface area contributed by atoms with Crippen LogP contribution in [0.15, 0.2) is 4.99 Å². The molecule has 3 fully saturated rings. The molecule has 0 aromatic heterocycles. The van der Waals surface area contributed by atoms with Gasteiger partial charge in [-0.1, -0.05) is 13.8 Å². The zero-order valence-corrected chi connectivity index (χ0v) is 14.6. The third-order valence-electron chi connectivity index (χ3n) is 5.94. The van der Waals surface area contributed by atoms with Gasteiger partial charge in [-0.05, 0) is 38.1 Å². The van der Waals surface area contributed by atoms with Gasteiger partial charge in [0.1, 0.15) is 0 Å². The molecule has 22 heavy (non-hydrogen) atoms. The van der Waals surface area contributed by atoms with E-state index in [4.69, 9.17) is 4.74 Å². The SMILES string of the molecule is CN=C(NCC1CCN(C2CC2)C1)NC1CC(OC)C1(C)C. The molecule has 3 rings (SSSR count). The van der Waals surface area contributed by atoms with Gasteiger partial charge in [0.2, 0.25) is 0 Å². The van der Waals surface area contributed by atoms with Crippen molar-refractivity contribution < 1.29 is 4.74 Å². The predicted molar refractivity (Wildman–Crippen MR) is 90.2 cm³/mol. The Bertz CT molecular complexity index is 419. The summed E-state index contributed by atoms with van der Waals surface area (Å²) in [5.41, 5.74) is 0.169. The third kappa shape index (κ3) is 3.25. The van der Waals surface area contributed by atoms with Crippen molar-refractivity contribution in [2.24, 2.45) is 16.3 Å². The molecule has 5 heteroatoms. The Hall–Kier alpha value is -0.810. The molecular formula is C17H32N4O. The normalized spacial score (nSPS) is 35.3. The lowest BCUT2D eigenvalue weighted by Gasteiger charge is -2.51. The molecule has 3 atom stereocenters. The first-order valence-corrected chi connectivity index (χ1v) is 8.78. The van der Waals surface area contributed by atoms with Gasteiger partial charge in [0.15, 0.2) is 5.96 Å². The fraction of sp³-hybridized carbons (Fsp3) is 0.941. The van der Waals surface area contributed by atoms with E-state index in [1.807, 2.05) is 7.05 Å². The van der Waals surface area contributed by atoms with Crippen molar-refractivity contribution in [3.63, 3.8) is 0 Å². The van der Waals surface area contributed by atoms with Crippen molar-refractivity contribution in [1.82, 2.24) is 15.5 Å². The Morgan fingerprint density at radius 1 is 1.32 bits per heavy atom. The number of nitrogens with one attached hydrogen (secondary N) is 2. The lowest BCUT2D eigenvalue weighted by molar-refractivity contribution is -0.0922. The first-order valence-electron chi connectivity index (χ1n) is 8.78. The molecule has 3 aliphatic rings. The number of ether oxygens (including phenoxy) is 1. The van der Waals surface area contributed by atoms with Crippen molar-refractivity contribution in [3.8, 4) is 0 Å². The highest BCUT2D eigenvalue weighted by molar-refractivity contribution is 5.80. The Kier molecular flexibility index (Phi) is 4.64. The molecule has 126 valence electrons. The van der Waals surface area contributed by atoms with Crippen LogP contribution in [0.5, 0.6) is 0 Å². The molecule has 3 unspecified atom stereocenters. The van der Waals surface area contributed by atoms with Crippen molar-refractivity contribution in [3.05, 3.63) is 0 Å². The number of hydrogen-bond acceptors (Lipinski definition) is 3. The Labute approximate surface area is 134 Å². The number of likely N-dealkylation sites (tertiary alicyclic amines) is 1. The van der Waals surface area contributed by atoms with Gasteiger partial charge in [0, 0.05) is 44.7 Å². The fourth-order valence-electron chi connectivity index (χ4n) is 3.93. The maximum absolute atomic E-state index is 5.52. The molecule has 5 nitrogen and oxygen atoms in total. The minimum atomic E-state index is 0.169. The zero-order chi connectivity index (χ0) is 15.7. The highest BCUT2D eigenvalue weighted by atomic mass is 16.5. The summed E-state index contributed by atoms with van der Waals surface area (Å²) in [5, 5.41) is 7.11. The van der Waals surface area contributed by atoms with Crippen LogP contribution in [0, 0.1) is 11.3 Å². The summed E-state index contributed by atoms with van der Waals surface area (Å²) in [6.07, 6.45) is 5.57. The van der Waals surface area contributed by atoms with Crippen LogP contribution in [0.4, 0.5) is 0 Å². The van der Waals surface area contributed by atoms with E-state index in [9.17, 15) is 0 Å². The van der Waals surface area contributed by atoms with Crippen LogP contribution in [0.2, 0.25) is 0 Å². The molecule has 2 saturated carbocycles. The average Bonchev–Trinajstić information content (AvgIpc) is 3.25. The lowest BCUT2D eigenvalue weighted by Crippen LogP contribution is -2.63. The molecule has 1 saturated heterocycles. The van der Waals surface area contributed by atoms with E-state index in [0.717, 1.165) is 30.9 Å². The highest BCUT2D eigenvalue weighted by Crippen LogP contribution is 2.42. The van der Waals surface area contributed by atoms with E-state index in [2.05, 4.69) is 34.4 Å². The Morgan fingerprint density at radius 2 is 2.09 bits per heavy atom. The second-order valence-electron chi connectivity index (χ2n) is 7.81. The first-order chi connectivity index (χ1) is 10.5. The van der Waals surface area contributed by atoms with Gasteiger partial charge in [0.05, 0.1) is 6.10 Å². The van der Waals surface area contributed by atoms with Gasteiger partial charge in [0.25, 0.3) is 0 Å². The quantitative estimate of drug-likeness (QED) is 0.596. The Balaban J connectivity index is 1.41. The minimum Gasteiger partial charge on any atom is -0.381 e. The summed E-state index contributed by atoms with van der Waals surface area (Å²) in [6.45, 7) is 8.10. The van der Waals surface area contributed by atoms with Crippen molar-refractivity contribution in [2.45, 2.75) is 57.7 Å². The van der Waals surface area contributed by atoms with Crippen LogP contribution in [-0.4, -0.2) is 62.8 Å². The van der Waals surface area contributed by atoms with Gasteiger partial charge in [-0.3, -0.25) is 4.99 Å². The number of methoxy groups -OCH3 is 1. The topological polar surface area (TPSA) is 48.9 Å². The lowest BCUT2D eigenvalue weighted by atomic mass is 9.64. The number of guanidine groups is 1. The van der Waals surface area contributed by atoms with Crippen molar-refractivity contribution in [1.29, 1.82) is 0 Å². The van der Waals surface area contributed by atoms with Crippen LogP contribution in [0.1, 0.15) is 39.5 Å². The van der Waals surface area contributed by atoms with Gasteiger partial charge >= 0.3 is 0 Å². The molecule has 0 spiro atoms. The van der Waals surface area contributed by atoms with E-state index < -0.39 is 0 Å². The van der Waals surface area contributed by atoms with Gasteiger partial charge in [-0.2, -0.15) is 0 Å². The zero-order valence-electron chi connectivity index (χ0n) is 14.6. The second-order valence-corrected chi connectivity index (χ2v) is 7.81. The van der Waals surface area contributed by atoms with E-state index in [1.54, 1.807) is 7.11 Å². The summed E-state index contributed by atoms with van der Waals surface area (Å²) in [6, 6.07) is 1.35. The molecule has 0 amide bonds. The fourth-order valence-corrected chi connectivity index (χ4v) is 3.93.